The molecule has 0 aliphatic carbocycles. The van der Waals surface area contributed by atoms with E-state index in [4.69, 9.17) is 4.74 Å². The lowest BCUT2D eigenvalue weighted by Gasteiger charge is -2.07. The highest BCUT2D eigenvalue weighted by molar-refractivity contribution is 5.91. The molecule has 0 fully saturated rings. The largest absolute Gasteiger partial charge is 0.464 e. The van der Waals surface area contributed by atoms with Crippen molar-refractivity contribution in [2.24, 2.45) is 0 Å². The van der Waals surface area contributed by atoms with Crippen molar-refractivity contribution in [3.05, 3.63) is 30.3 Å². The third-order valence-electron chi connectivity index (χ3n) is 1.89. The van der Waals surface area contributed by atoms with Gasteiger partial charge in [-0.3, -0.25) is 4.79 Å². The van der Waals surface area contributed by atoms with Gasteiger partial charge in [-0.2, -0.15) is 0 Å². The monoisotopic (exact) mass is 236 g/mol. The summed E-state index contributed by atoms with van der Waals surface area (Å²) in [5.41, 5.74) is 0.673. The van der Waals surface area contributed by atoms with Gasteiger partial charge in [-0.15, -0.1) is 0 Å². The molecule has 92 valence electrons. The molecule has 0 unspecified atom stereocenters. The first-order valence-corrected chi connectivity index (χ1v) is 5.48. The van der Waals surface area contributed by atoms with Crippen LogP contribution in [0.15, 0.2) is 30.3 Å². The van der Waals surface area contributed by atoms with Crippen molar-refractivity contribution in [2.45, 2.75) is 13.3 Å². The molecular formula is C12H16N2O3. The fourth-order valence-electron chi connectivity index (χ4n) is 1.12. The van der Waals surface area contributed by atoms with Gasteiger partial charge in [0.05, 0.1) is 6.61 Å². The molecule has 0 atom stereocenters. The van der Waals surface area contributed by atoms with Gasteiger partial charge < -0.3 is 15.4 Å². The summed E-state index contributed by atoms with van der Waals surface area (Å²) in [5, 5.41) is 5.01. The van der Waals surface area contributed by atoms with Crippen LogP contribution >= 0.6 is 0 Å². The second-order valence-corrected chi connectivity index (χ2v) is 3.39. The Balaban J connectivity index is 2.24. The van der Waals surface area contributed by atoms with Crippen LogP contribution in [0.2, 0.25) is 0 Å². The van der Waals surface area contributed by atoms with Crippen LogP contribution in [0.1, 0.15) is 13.3 Å². The molecule has 0 radical (unpaired) electrons. The molecule has 0 aliphatic rings. The van der Waals surface area contributed by atoms with Crippen LogP contribution in [0.25, 0.3) is 0 Å². The van der Waals surface area contributed by atoms with Crippen LogP contribution in [0.5, 0.6) is 0 Å². The maximum Gasteiger partial charge on any atom is 0.325 e. The van der Waals surface area contributed by atoms with Crippen LogP contribution in [-0.4, -0.2) is 25.2 Å². The molecule has 0 aromatic heterocycles. The first-order chi connectivity index (χ1) is 8.22. The van der Waals surface area contributed by atoms with E-state index in [9.17, 15) is 9.59 Å². The topological polar surface area (TPSA) is 67.4 Å². The third-order valence-corrected chi connectivity index (χ3v) is 1.89. The van der Waals surface area contributed by atoms with Crippen molar-refractivity contribution in [3.8, 4) is 0 Å². The molecule has 0 saturated carbocycles. The minimum atomic E-state index is -0.435. The second kappa shape index (κ2) is 7.27. The molecule has 1 aromatic rings. The molecule has 17 heavy (non-hydrogen) atoms. The smallest absolute Gasteiger partial charge is 0.325 e. The van der Waals surface area contributed by atoms with Gasteiger partial charge in [0, 0.05) is 5.69 Å². The molecule has 5 nitrogen and oxygen atoms in total. The summed E-state index contributed by atoms with van der Waals surface area (Å²) in [6.45, 7) is 2.16. The number of carbonyl (C=O) groups excluding carboxylic acids is 2. The SMILES string of the molecule is CCCOC(=O)CNC(=O)Nc1ccccc1. The van der Waals surface area contributed by atoms with E-state index in [0.717, 1.165) is 6.42 Å². The van der Waals surface area contributed by atoms with E-state index in [2.05, 4.69) is 10.6 Å². The summed E-state index contributed by atoms with van der Waals surface area (Å²) in [6, 6.07) is 8.57. The zero-order valence-corrected chi connectivity index (χ0v) is 9.73. The molecule has 0 aliphatic heterocycles. The second-order valence-electron chi connectivity index (χ2n) is 3.39. The number of benzene rings is 1. The number of rotatable bonds is 5. The molecule has 2 amide bonds. The Morgan fingerprint density at radius 3 is 2.59 bits per heavy atom. The lowest BCUT2D eigenvalue weighted by molar-refractivity contribution is -0.142. The molecule has 5 heteroatoms. The number of anilines is 1. The third kappa shape index (κ3) is 5.55. The normalized spacial score (nSPS) is 9.47. The zero-order valence-electron chi connectivity index (χ0n) is 9.73. The van der Waals surface area contributed by atoms with Gasteiger partial charge in [0.15, 0.2) is 0 Å². The van der Waals surface area contributed by atoms with Gasteiger partial charge in [0.1, 0.15) is 6.54 Å². The summed E-state index contributed by atoms with van der Waals surface area (Å²) in [6.07, 6.45) is 0.766. The van der Waals surface area contributed by atoms with Crippen molar-refractivity contribution in [2.75, 3.05) is 18.5 Å². The number of esters is 1. The van der Waals surface area contributed by atoms with E-state index in [1.165, 1.54) is 0 Å². The molecular weight excluding hydrogens is 220 g/mol. The van der Waals surface area contributed by atoms with Gasteiger partial charge in [-0.1, -0.05) is 25.1 Å². The van der Waals surface area contributed by atoms with Crippen molar-refractivity contribution >= 4 is 17.7 Å². The maximum atomic E-state index is 11.4. The molecule has 1 aromatic carbocycles. The highest BCUT2D eigenvalue weighted by Gasteiger charge is 2.05. The average Bonchev–Trinajstić information content (AvgIpc) is 2.35. The standard InChI is InChI=1S/C12H16N2O3/c1-2-8-17-11(15)9-13-12(16)14-10-6-4-3-5-7-10/h3-7H,2,8-9H2,1H3,(H2,13,14,16). The van der Waals surface area contributed by atoms with Crippen molar-refractivity contribution in [1.82, 2.24) is 5.32 Å². The summed E-state index contributed by atoms with van der Waals surface area (Å²) < 4.78 is 4.81. The number of carbonyl (C=O) groups is 2. The van der Waals surface area contributed by atoms with Crippen LogP contribution < -0.4 is 10.6 Å². The Kier molecular flexibility index (Phi) is 5.57. The lowest BCUT2D eigenvalue weighted by atomic mass is 10.3. The minimum Gasteiger partial charge on any atom is -0.464 e. The zero-order chi connectivity index (χ0) is 12.5. The predicted octanol–water partition coefficient (Wildman–Crippen LogP) is 1.76. The summed E-state index contributed by atoms with van der Waals surface area (Å²) >= 11 is 0. The summed E-state index contributed by atoms with van der Waals surface area (Å²) in [4.78, 5) is 22.5. The fraction of sp³-hybridized carbons (Fsp3) is 0.333. The number of para-hydroxylation sites is 1. The highest BCUT2D eigenvalue weighted by atomic mass is 16.5. The van der Waals surface area contributed by atoms with Gasteiger partial charge in [0.2, 0.25) is 0 Å². The number of amides is 2. The van der Waals surface area contributed by atoms with E-state index in [1.807, 2.05) is 25.1 Å². The lowest BCUT2D eigenvalue weighted by Crippen LogP contribution is -2.34. The van der Waals surface area contributed by atoms with Gasteiger partial charge in [-0.25, -0.2) is 4.79 Å². The Labute approximate surface area is 100 Å². The maximum absolute atomic E-state index is 11.4. The van der Waals surface area contributed by atoms with Gasteiger partial charge in [-0.05, 0) is 18.6 Å². The molecule has 0 heterocycles. The Hall–Kier alpha value is -2.04. The van der Waals surface area contributed by atoms with Crippen LogP contribution in [0.4, 0.5) is 10.5 Å². The minimum absolute atomic E-state index is 0.126. The van der Waals surface area contributed by atoms with Crippen LogP contribution in [0, 0.1) is 0 Å². The average molecular weight is 236 g/mol. The summed E-state index contributed by atoms with van der Waals surface area (Å²) in [7, 11) is 0. The highest BCUT2D eigenvalue weighted by Crippen LogP contribution is 2.03. The fourth-order valence-corrected chi connectivity index (χ4v) is 1.12. The van der Waals surface area contributed by atoms with Gasteiger partial charge >= 0.3 is 12.0 Å². The number of hydrogen-bond donors (Lipinski definition) is 2. The van der Waals surface area contributed by atoms with E-state index < -0.39 is 12.0 Å². The number of ether oxygens (including phenoxy) is 1. The van der Waals surface area contributed by atoms with E-state index in [-0.39, 0.29) is 6.54 Å². The van der Waals surface area contributed by atoms with Crippen LogP contribution in [0.3, 0.4) is 0 Å². The Bertz CT molecular complexity index is 365. The molecule has 2 N–H and O–H groups in total. The molecule has 0 spiro atoms. The number of hydrogen-bond acceptors (Lipinski definition) is 3. The number of urea groups is 1. The summed E-state index contributed by atoms with van der Waals surface area (Å²) in [5.74, 6) is -0.435. The Morgan fingerprint density at radius 1 is 1.24 bits per heavy atom. The van der Waals surface area contributed by atoms with E-state index >= 15 is 0 Å². The van der Waals surface area contributed by atoms with E-state index in [1.54, 1.807) is 12.1 Å². The first kappa shape index (κ1) is 13.0. The first-order valence-electron chi connectivity index (χ1n) is 5.48. The number of nitrogens with one attached hydrogen (secondary N) is 2. The van der Waals surface area contributed by atoms with E-state index in [0.29, 0.717) is 12.3 Å². The van der Waals surface area contributed by atoms with Crippen molar-refractivity contribution in [3.63, 3.8) is 0 Å². The van der Waals surface area contributed by atoms with Gasteiger partial charge in [0.25, 0.3) is 0 Å². The van der Waals surface area contributed by atoms with Crippen LogP contribution in [-0.2, 0) is 9.53 Å². The Morgan fingerprint density at radius 2 is 1.94 bits per heavy atom. The predicted molar refractivity (Wildman–Crippen MR) is 64.7 cm³/mol. The van der Waals surface area contributed by atoms with Crippen molar-refractivity contribution in [1.29, 1.82) is 0 Å². The van der Waals surface area contributed by atoms with Crippen molar-refractivity contribution < 1.29 is 14.3 Å². The molecule has 1 rings (SSSR count). The molecule has 0 saturated heterocycles. The molecule has 0 bridgehead atoms. The quantitative estimate of drug-likeness (QED) is 0.765.